The van der Waals surface area contributed by atoms with E-state index in [-0.39, 0.29) is 33.6 Å². The smallest absolute Gasteiger partial charge is 0.275 e. The van der Waals surface area contributed by atoms with Gasteiger partial charge in [-0.2, -0.15) is 5.26 Å². The standard InChI is InChI=1S/C22H18ClN5O4/c1-2-10-31-13-8-6-12(7-9-13)20-19-17(14(11-24)21(25)32-22(19)27-26-20)18-15(23)4-3-5-16(18)28(29)30/h3-9,17H,2,10,25H2,1H3,(H,26,27)/t17-/m1/s1. The van der Waals surface area contributed by atoms with E-state index in [0.717, 1.165) is 12.0 Å². The van der Waals surface area contributed by atoms with Gasteiger partial charge in [0.15, 0.2) is 0 Å². The number of aromatic amines is 1. The van der Waals surface area contributed by atoms with E-state index >= 15 is 0 Å². The summed E-state index contributed by atoms with van der Waals surface area (Å²) in [4.78, 5) is 11.2. The average Bonchev–Trinajstić information content (AvgIpc) is 3.20. The summed E-state index contributed by atoms with van der Waals surface area (Å²) < 4.78 is 11.2. The van der Waals surface area contributed by atoms with Gasteiger partial charge in [0.05, 0.1) is 39.3 Å². The maximum Gasteiger partial charge on any atom is 0.275 e. The fraction of sp³-hybridized carbons (Fsp3) is 0.182. The molecule has 0 bridgehead atoms. The number of hydrogen-bond acceptors (Lipinski definition) is 7. The van der Waals surface area contributed by atoms with Gasteiger partial charge in [-0.3, -0.25) is 15.2 Å². The first kappa shape index (κ1) is 21.2. The highest BCUT2D eigenvalue weighted by molar-refractivity contribution is 6.31. The molecule has 0 spiro atoms. The lowest BCUT2D eigenvalue weighted by molar-refractivity contribution is -0.385. The number of aromatic nitrogens is 2. The predicted octanol–water partition coefficient (Wildman–Crippen LogP) is 4.65. The van der Waals surface area contributed by atoms with Gasteiger partial charge >= 0.3 is 0 Å². The number of halogens is 1. The lowest BCUT2D eigenvalue weighted by Gasteiger charge is -2.24. The fourth-order valence-corrected chi connectivity index (χ4v) is 3.94. The molecular formula is C22H18ClN5O4. The number of benzene rings is 2. The SMILES string of the molecule is CCCOc1ccc(-c2[nH]nc3c2[C@@H](c2c(Cl)cccc2[N+](=O)[O-])C(C#N)=C(N)O3)cc1. The van der Waals surface area contributed by atoms with Crippen molar-refractivity contribution in [3.8, 4) is 29.0 Å². The maximum absolute atomic E-state index is 11.8. The Labute approximate surface area is 188 Å². The number of hydrogen-bond donors (Lipinski definition) is 2. The van der Waals surface area contributed by atoms with E-state index in [0.29, 0.717) is 23.6 Å². The van der Waals surface area contributed by atoms with E-state index in [9.17, 15) is 15.4 Å². The van der Waals surface area contributed by atoms with Gasteiger partial charge in [0.1, 0.15) is 17.4 Å². The van der Waals surface area contributed by atoms with E-state index in [1.165, 1.54) is 18.2 Å². The quantitative estimate of drug-likeness (QED) is 0.410. The second-order valence-corrected chi connectivity index (χ2v) is 7.45. The van der Waals surface area contributed by atoms with Gasteiger partial charge in [-0.15, -0.1) is 5.10 Å². The third-order valence-corrected chi connectivity index (χ3v) is 5.40. The monoisotopic (exact) mass is 451 g/mol. The largest absolute Gasteiger partial charge is 0.494 e. The number of nitro groups is 1. The molecule has 32 heavy (non-hydrogen) atoms. The zero-order valence-corrected chi connectivity index (χ0v) is 17.7. The van der Waals surface area contributed by atoms with Crippen molar-refractivity contribution in [1.82, 2.24) is 10.2 Å². The number of H-pyrrole nitrogens is 1. The summed E-state index contributed by atoms with van der Waals surface area (Å²) in [7, 11) is 0. The van der Waals surface area contributed by atoms with Crippen LogP contribution in [0.5, 0.6) is 11.6 Å². The molecular weight excluding hydrogens is 434 g/mol. The molecule has 0 fully saturated rings. The van der Waals surface area contributed by atoms with Crippen LogP contribution in [0.1, 0.15) is 30.4 Å². The third-order valence-electron chi connectivity index (χ3n) is 5.07. The normalized spacial score (nSPS) is 15.0. The minimum atomic E-state index is -0.942. The molecule has 2 aromatic carbocycles. The van der Waals surface area contributed by atoms with E-state index < -0.39 is 10.8 Å². The van der Waals surface area contributed by atoms with Gasteiger partial charge in [0.25, 0.3) is 5.69 Å². The highest BCUT2D eigenvalue weighted by atomic mass is 35.5. The van der Waals surface area contributed by atoms with Gasteiger partial charge in [0, 0.05) is 11.6 Å². The van der Waals surface area contributed by atoms with Crippen LogP contribution in [0, 0.1) is 21.4 Å². The molecule has 3 aromatic rings. The van der Waals surface area contributed by atoms with Crippen LogP contribution in [0.25, 0.3) is 11.3 Å². The molecule has 1 aliphatic rings. The van der Waals surface area contributed by atoms with Crippen molar-refractivity contribution in [2.75, 3.05) is 6.61 Å². The van der Waals surface area contributed by atoms with Crippen molar-refractivity contribution < 1.29 is 14.4 Å². The van der Waals surface area contributed by atoms with Crippen molar-refractivity contribution in [3.05, 3.63) is 80.2 Å². The van der Waals surface area contributed by atoms with Gasteiger partial charge in [0.2, 0.25) is 11.8 Å². The van der Waals surface area contributed by atoms with E-state index in [4.69, 9.17) is 26.8 Å². The molecule has 0 amide bonds. The minimum absolute atomic E-state index is 0.0132. The molecule has 0 saturated heterocycles. The van der Waals surface area contributed by atoms with Gasteiger partial charge in [-0.1, -0.05) is 24.6 Å². The van der Waals surface area contributed by atoms with Crippen LogP contribution < -0.4 is 15.2 Å². The van der Waals surface area contributed by atoms with Gasteiger partial charge in [-0.05, 0) is 36.8 Å². The summed E-state index contributed by atoms with van der Waals surface area (Å²) in [6, 6.07) is 13.6. The second kappa shape index (κ2) is 8.61. The molecule has 4 rings (SSSR count). The molecule has 1 aromatic heterocycles. The molecule has 0 aliphatic carbocycles. The van der Waals surface area contributed by atoms with Crippen molar-refractivity contribution in [1.29, 1.82) is 5.26 Å². The molecule has 3 N–H and O–H groups in total. The molecule has 0 unspecified atom stereocenters. The first-order valence-electron chi connectivity index (χ1n) is 9.78. The van der Waals surface area contributed by atoms with Gasteiger partial charge in [-0.25, -0.2) is 0 Å². The number of nitrogens with two attached hydrogens (primary N) is 1. The van der Waals surface area contributed by atoms with Crippen LogP contribution in [0.4, 0.5) is 5.69 Å². The Morgan fingerprint density at radius 1 is 1.31 bits per heavy atom. The van der Waals surface area contributed by atoms with Crippen LogP contribution in [-0.2, 0) is 0 Å². The third kappa shape index (κ3) is 3.61. The number of ether oxygens (including phenoxy) is 2. The molecule has 1 aliphatic heterocycles. The first-order chi connectivity index (χ1) is 15.5. The van der Waals surface area contributed by atoms with Crippen LogP contribution >= 0.6 is 11.6 Å². The Hall–Kier alpha value is -4.03. The van der Waals surface area contributed by atoms with Crippen LogP contribution in [0.15, 0.2) is 53.9 Å². The highest BCUT2D eigenvalue weighted by Gasteiger charge is 2.40. The maximum atomic E-state index is 11.8. The zero-order chi connectivity index (χ0) is 22.8. The Balaban J connectivity index is 1.91. The molecule has 0 saturated carbocycles. The molecule has 1 atom stereocenters. The van der Waals surface area contributed by atoms with E-state index in [2.05, 4.69) is 10.2 Å². The lowest BCUT2D eigenvalue weighted by Crippen LogP contribution is -2.21. The summed E-state index contributed by atoms with van der Waals surface area (Å²) in [6.45, 7) is 2.62. The van der Waals surface area contributed by atoms with Crippen molar-refractivity contribution >= 4 is 17.3 Å². The zero-order valence-electron chi connectivity index (χ0n) is 17.0. The first-order valence-corrected chi connectivity index (χ1v) is 10.2. The van der Waals surface area contributed by atoms with Crippen LogP contribution in [-0.4, -0.2) is 21.7 Å². The molecule has 9 nitrogen and oxygen atoms in total. The number of nitrogens with zero attached hydrogens (tertiary/aromatic N) is 3. The van der Waals surface area contributed by atoms with Crippen LogP contribution in [0.3, 0.4) is 0 Å². The van der Waals surface area contributed by atoms with Crippen molar-refractivity contribution in [2.24, 2.45) is 5.73 Å². The Kier molecular flexibility index (Phi) is 5.71. The van der Waals surface area contributed by atoms with Crippen LogP contribution in [0.2, 0.25) is 5.02 Å². The molecule has 2 heterocycles. The molecule has 162 valence electrons. The van der Waals surface area contributed by atoms with Gasteiger partial charge < -0.3 is 15.2 Å². The summed E-state index contributed by atoms with van der Waals surface area (Å²) >= 11 is 6.41. The summed E-state index contributed by atoms with van der Waals surface area (Å²) in [5, 5.41) is 28.8. The number of allylic oxidation sites excluding steroid dienone is 1. The lowest BCUT2D eigenvalue weighted by atomic mass is 9.82. The molecule has 10 heteroatoms. The Bertz CT molecular complexity index is 1260. The van der Waals surface area contributed by atoms with E-state index in [1.807, 2.05) is 37.3 Å². The Morgan fingerprint density at radius 3 is 2.72 bits per heavy atom. The predicted molar refractivity (Wildman–Crippen MR) is 117 cm³/mol. The topological polar surface area (TPSA) is 140 Å². The molecule has 0 radical (unpaired) electrons. The number of nitro benzene ring substituents is 1. The summed E-state index contributed by atoms with van der Waals surface area (Å²) in [5.41, 5.74) is 7.60. The second-order valence-electron chi connectivity index (χ2n) is 7.04. The fourth-order valence-electron chi connectivity index (χ4n) is 3.66. The van der Waals surface area contributed by atoms with E-state index in [1.54, 1.807) is 0 Å². The Morgan fingerprint density at radius 2 is 2.06 bits per heavy atom. The number of nitriles is 1. The minimum Gasteiger partial charge on any atom is -0.494 e. The average molecular weight is 452 g/mol. The van der Waals surface area contributed by atoms with Crippen molar-refractivity contribution in [2.45, 2.75) is 19.3 Å². The number of fused-ring (bicyclic) bond motifs is 1. The summed E-state index contributed by atoms with van der Waals surface area (Å²) in [5.74, 6) is -0.286. The number of rotatable bonds is 6. The highest BCUT2D eigenvalue weighted by Crippen LogP contribution is 2.49. The van der Waals surface area contributed by atoms with Crippen molar-refractivity contribution in [3.63, 3.8) is 0 Å². The number of nitrogens with one attached hydrogen (secondary N) is 1. The summed E-state index contributed by atoms with van der Waals surface area (Å²) in [6.07, 6.45) is 0.885.